The highest BCUT2D eigenvalue weighted by Crippen LogP contribution is 2.14. The minimum absolute atomic E-state index is 0.286. The summed E-state index contributed by atoms with van der Waals surface area (Å²) >= 11 is 0. The van der Waals surface area contributed by atoms with Gasteiger partial charge in [-0.3, -0.25) is 0 Å². The summed E-state index contributed by atoms with van der Waals surface area (Å²) in [4.78, 5) is 17.2. The zero-order valence-electron chi connectivity index (χ0n) is 10.4. The molecule has 0 aliphatic rings. The van der Waals surface area contributed by atoms with E-state index in [1.54, 1.807) is 19.2 Å². The number of carbonyl (C=O) groups excluding carboxylic acids is 1. The first-order valence-electron chi connectivity index (χ1n) is 5.48. The van der Waals surface area contributed by atoms with Gasteiger partial charge in [-0.1, -0.05) is 0 Å². The Morgan fingerprint density at radius 3 is 2.94 bits per heavy atom. The molecule has 1 heterocycles. The average Bonchev–Trinajstić information content (AvgIpc) is 2.35. The molecule has 17 heavy (non-hydrogen) atoms. The van der Waals surface area contributed by atoms with Crippen molar-refractivity contribution < 1.29 is 14.6 Å². The highest BCUT2D eigenvalue weighted by Gasteiger charge is 2.09. The summed E-state index contributed by atoms with van der Waals surface area (Å²) in [5, 5.41) is 9.22. The lowest BCUT2D eigenvalue weighted by Gasteiger charge is -2.20. The number of methoxy groups -OCH3 is 1. The Bertz CT molecular complexity index is 380. The molecule has 1 unspecified atom stereocenters. The van der Waals surface area contributed by atoms with Crippen LogP contribution in [0.15, 0.2) is 18.3 Å². The molecule has 1 rings (SSSR count). The Labute approximate surface area is 101 Å². The molecule has 1 N–H and O–H groups in total. The smallest absolute Gasteiger partial charge is 0.356 e. The molecule has 0 fully saturated rings. The topological polar surface area (TPSA) is 62.7 Å². The number of nitrogens with zero attached hydrogens (tertiary/aromatic N) is 2. The fourth-order valence-electron chi connectivity index (χ4n) is 1.38. The van der Waals surface area contributed by atoms with Crippen LogP contribution in [-0.2, 0) is 4.74 Å². The van der Waals surface area contributed by atoms with Crippen LogP contribution in [0.3, 0.4) is 0 Å². The number of aromatic nitrogens is 1. The molecule has 0 aromatic carbocycles. The molecule has 0 spiro atoms. The van der Waals surface area contributed by atoms with Gasteiger partial charge in [0.05, 0.1) is 13.2 Å². The second-order valence-electron chi connectivity index (χ2n) is 3.95. The van der Waals surface area contributed by atoms with Gasteiger partial charge in [0.15, 0.2) is 0 Å². The summed E-state index contributed by atoms with van der Waals surface area (Å²) in [6.07, 6.45) is 1.91. The van der Waals surface area contributed by atoms with Crippen LogP contribution >= 0.6 is 0 Å². The summed E-state index contributed by atoms with van der Waals surface area (Å²) in [6.45, 7) is 2.46. The zero-order chi connectivity index (χ0) is 12.8. The Morgan fingerprint density at radius 1 is 1.65 bits per heavy atom. The van der Waals surface area contributed by atoms with Crippen molar-refractivity contribution in [1.82, 2.24) is 4.98 Å². The summed E-state index contributed by atoms with van der Waals surface area (Å²) in [5.41, 5.74) is 1.16. The van der Waals surface area contributed by atoms with Gasteiger partial charge in [0, 0.05) is 25.5 Å². The predicted molar refractivity (Wildman–Crippen MR) is 65.1 cm³/mol. The van der Waals surface area contributed by atoms with Crippen molar-refractivity contribution in [3.8, 4) is 0 Å². The van der Waals surface area contributed by atoms with Gasteiger partial charge >= 0.3 is 5.97 Å². The second kappa shape index (κ2) is 6.20. The molecule has 94 valence electrons. The van der Waals surface area contributed by atoms with E-state index < -0.39 is 5.97 Å². The van der Waals surface area contributed by atoms with Crippen LogP contribution in [0.2, 0.25) is 0 Å². The van der Waals surface area contributed by atoms with Crippen molar-refractivity contribution in [3.05, 3.63) is 24.0 Å². The van der Waals surface area contributed by atoms with E-state index in [0.29, 0.717) is 13.0 Å². The van der Waals surface area contributed by atoms with Crippen LogP contribution in [0.25, 0.3) is 0 Å². The van der Waals surface area contributed by atoms with E-state index >= 15 is 0 Å². The van der Waals surface area contributed by atoms with E-state index in [1.165, 1.54) is 7.11 Å². The molecule has 1 atom stereocenters. The van der Waals surface area contributed by atoms with Gasteiger partial charge in [-0.15, -0.1) is 0 Å². The third-order valence-electron chi connectivity index (χ3n) is 2.46. The van der Waals surface area contributed by atoms with E-state index in [4.69, 9.17) is 0 Å². The molecule has 5 heteroatoms. The number of esters is 1. The van der Waals surface area contributed by atoms with Crippen molar-refractivity contribution >= 4 is 11.7 Å². The van der Waals surface area contributed by atoms with Gasteiger partial charge in [0.1, 0.15) is 5.69 Å². The molecule has 0 amide bonds. The quantitative estimate of drug-likeness (QED) is 0.778. The lowest BCUT2D eigenvalue weighted by Crippen LogP contribution is -2.22. The van der Waals surface area contributed by atoms with Crippen molar-refractivity contribution in [3.63, 3.8) is 0 Å². The molecule has 5 nitrogen and oxygen atoms in total. The van der Waals surface area contributed by atoms with Crippen LogP contribution in [0.1, 0.15) is 23.8 Å². The van der Waals surface area contributed by atoms with Gasteiger partial charge in [0.25, 0.3) is 0 Å². The van der Waals surface area contributed by atoms with Crippen molar-refractivity contribution in [2.75, 3.05) is 25.6 Å². The zero-order valence-corrected chi connectivity index (χ0v) is 10.4. The van der Waals surface area contributed by atoms with E-state index in [-0.39, 0.29) is 11.8 Å². The predicted octanol–water partition coefficient (Wildman–Crippen LogP) is 1.08. The van der Waals surface area contributed by atoms with E-state index in [9.17, 15) is 9.90 Å². The number of carbonyl (C=O) groups is 1. The molecule has 0 bridgehead atoms. The number of aliphatic hydroxyl groups excluding tert-OH is 1. The Balaban J connectivity index is 2.73. The highest BCUT2D eigenvalue weighted by atomic mass is 16.5. The number of pyridine rings is 1. The second-order valence-corrected chi connectivity index (χ2v) is 3.95. The fraction of sp³-hybridized carbons (Fsp3) is 0.500. The highest BCUT2D eigenvalue weighted by molar-refractivity contribution is 5.88. The molecule has 1 aromatic rings. The minimum atomic E-state index is -0.448. The summed E-state index contributed by atoms with van der Waals surface area (Å²) < 4.78 is 4.61. The molecule has 1 aromatic heterocycles. The van der Waals surface area contributed by atoms with Crippen LogP contribution in [0, 0.1) is 0 Å². The summed E-state index contributed by atoms with van der Waals surface area (Å²) in [6, 6.07) is 3.49. The van der Waals surface area contributed by atoms with Crippen molar-refractivity contribution in [2.24, 2.45) is 0 Å². The summed E-state index contributed by atoms with van der Waals surface area (Å²) in [7, 11) is 3.23. The molecule has 0 saturated heterocycles. The fourth-order valence-corrected chi connectivity index (χ4v) is 1.38. The summed E-state index contributed by atoms with van der Waals surface area (Å²) in [5.74, 6) is -0.448. The molecule has 0 aliphatic carbocycles. The number of anilines is 1. The normalized spacial score (nSPS) is 12.0. The number of hydrogen-bond acceptors (Lipinski definition) is 5. The number of hydrogen-bond donors (Lipinski definition) is 1. The van der Waals surface area contributed by atoms with Gasteiger partial charge in [-0.2, -0.15) is 0 Å². The number of aliphatic hydroxyl groups is 1. The minimum Gasteiger partial charge on any atom is -0.464 e. The van der Waals surface area contributed by atoms with Crippen molar-refractivity contribution in [2.45, 2.75) is 19.4 Å². The molecule has 0 aliphatic heterocycles. The maximum absolute atomic E-state index is 11.3. The van der Waals surface area contributed by atoms with Crippen LogP contribution in [0.5, 0.6) is 0 Å². The first-order chi connectivity index (χ1) is 8.04. The lowest BCUT2D eigenvalue weighted by molar-refractivity contribution is 0.0594. The Morgan fingerprint density at radius 2 is 2.35 bits per heavy atom. The maximum Gasteiger partial charge on any atom is 0.356 e. The van der Waals surface area contributed by atoms with Crippen molar-refractivity contribution in [1.29, 1.82) is 0 Å². The Hall–Kier alpha value is -1.62. The molecule has 0 saturated carbocycles. The number of ether oxygens (including phenoxy) is 1. The SMILES string of the molecule is COC(=O)c1cc(N(C)CCC(C)O)ccn1. The van der Waals surface area contributed by atoms with Crippen LogP contribution in [0.4, 0.5) is 5.69 Å². The van der Waals surface area contributed by atoms with Gasteiger partial charge in [-0.05, 0) is 25.5 Å². The monoisotopic (exact) mass is 238 g/mol. The third kappa shape index (κ3) is 4.03. The Kier molecular flexibility index (Phi) is 4.90. The van der Waals surface area contributed by atoms with Crippen LogP contribution < -0.4 is 4.90 Å². The molecular formula is C12H18N2O3. The van der Waals surface area contributed by atoms with Gasteiger partial charge < -0.3 is 14.7 Å². The van der Waals surface area contributed by atoms with E-state index in [0.717, 1.165) is 5.69 Å². The van der Waals surface area contributed by atoms with Crippen LogP contribution in [-0.4, -0.2) is 42.9 Å². The van der Waals surface area contributed by atoms with Gasteiger partial charge in [-0.25, -0.2) is 9.78 Å². The standard InChI is InChI=1S/C12H18N2O3/c1-9(15)5-7-14(2)10-4-6-13-11(8-10)12(16)17-3/h4,6,8-9,15H,5,7H2,1-3H3. The average molecular weight is 238 g/mol. The largest absolute Gasteiger partial charge is 0.464 e. The third-order valence-corrected chi connectivity index (χ3v) is 2.46. The van der Waals surface area contributed by atoms with E-state index in [2.05, 4.69) is 9.72 Å². The van der Waals surface area contributed by atoms with Gasteiger partial charge in [0.2, 0.25) is 0 Å². The first-order valence-corrected chi connectivity index (χ1v) is 5.48. The molecule has 0 radical (unpaired) electrons. The number of rotatable bonds is 5. The lowest BCUT2D eigenvalue weighted by atomic mass is 10.2. The first kappa shape index (κ1) is 13.4. The van der Waals surface area contributed by atoms with E-state index in [1.807, 2.05) is 18.0 Å². The molecular weight excluding hydrogens is 220 g/mol. The maximum atomic E-state index is 11.3.